The van der Waals surface area contributed by atoms with E-state index in [0.717, 1.165) is 43.2 Å². The molecule has 0 saturated heterocycles. The molecule has 0 unspecified atom stereocenters. The fourth-order valence-electron chi connectivity index (χ4n) is 3.03. The molecule has 0 spiro atoms. The Morgan fingerprint density at radius 3 is 2.18 bits per heavy atom. The van der Waals surface area contributed by atoms with Crippen LogP contribution >= 0.6 is 0 Å². The maximum Gasteiger partial charge on any atom is 0.159 e. The van der Waals surface area contributed by atoms with Crippen molar-refractivity contribution in [3.8, 4) is 0 Å². The normalized spacial score (nSPS) is 13.1. The summed E-state index contributed by atoms with van der Waals surface area (Å²) in [4.78, 5) is 0. The van der Waals surface area contributed by atoms with Crippen molar-refractivity contribution in [2.45, 2.75) is 39.0 Å². The van der Waals surface area contributed by atoms with Crippen LogP contribution in [0.5, 0.6) is 0 Å². The van der Waals surface area contributed by atoms with E-state index < -0.39 is 11.6 Å². The Labute approximate surface area is 130 Å². The van der Waals surface area contributed by atoms with Crippen LogP contribution in [0.15, 0.2) is 42.0 Å². The third-order valence-corrected chi connectivity index (χ3v) is 4.26. The lowest BCUT2D eigenvalue weighted by atomic mass is 10.0. The van der Waals surface area contributed by atoms with Gasteiger partial charge in [-0.3, -0.25) is 0 Å². The third-order valence-electron chi connectivity index (χ3n) is 4.26. The zero-order valence-corrected chi connectivity index (χ0v) is 12.8. The number of halogens is 2. The predicted octanol–water partition coefficient (Wildman–Crippen LogP) is 5.49. The summed E-state index contributed by atoms with van der Waals surface area (Å²) in [6.45, 7) is 2.18. The first-order valence-electron chi connectivity index (χ1n) is 7.91. The molecular weight excluding hydrogens is 278 g/mol. The molecule has 1 aliphatic rings. The molecule has 1 aliphatic carbocycles. The minimum Gasteiger partial charge on any atom is -0.204 e. The molecule has 0 bridgehead atoms. The maximum absolute atomic E-state index is 13.3. The number of benzene rings is 2. The zero-order chi connectivity index (χ0) is 15.5. The molecule has 3 rings (SSSR count). The van der Waals surface area contributed by atoms with Gasteiger partial charge in [-0.25, -0.2) is 8.78 Å². The average Bonchev–Trinajstić information content (AvgIpc) is 2.89. The Hall–Kier alpha value is -1.96. The Bertz CT molecular complexity index is 696. The number of hydrogen-bond acceptors (Lipinski definition) is 0. The van der Waals surface area contributed by atoms with Crippen LogP contribution in [0.2, 0.25) is 0 Å². The smallest absolute Gasteiger partial charge is 0.159 e. The molecule has 0 nitrogen and oxygen atoms in total. The average molecular weight is 298 g/mol. The number of rotatable bonds is 5. The van der Waals surface area contributed by atoms with Crippen LogP contribution in [-0.4, -0.2) is 0 Å². The molecule has 0 saturated carbocycles. The summed E-state index contributed by atoms with van der Waals surface area (Å²) in [7, 11) is 0. The highest BCUT2D eigenvalue weighted by Gasteiger charge is 2.16. The molecule has 2 aromatic carbocycles. The first-order chi connectivity index (χ1) is 10.7. The molecule has 0 fully saturated rings. The van der Waals surface area contributed by atoms with Crippen molar-refractivity contribution in [1.29, 1.82) is 0 Å². The van der Waals surface area contributed by atoms with E-state index in [1.54, 1.807) is 0 Å². The van der Waals surface area contributed by atoms with Gasteiger partial charge in [-0.2, -0.15) is 0 Å². The SMILES string of the molecule is CCCc1ccc(CCC2=Cc3cc(F)c(F)cc3C2)cc1. The van der Waals surface area contributed by atoms with Gasteiger partial charge in [0.1, 0.15) is 0 Å². The standard InChI is InChI=1S/C20H20F2/c1-2-3-14-4-6-15(7-5-14)8-9-16-10-17-12-19(21)20(22)13-18(17)11-16/h4-7,10,12-13H,2-3,8-9,11H2,1H3. The van der Waals surface area contributed by atoms with E-state index in [0.29, 0.717) is 0 Å². The fourth-order valence-corrected chi connectivity index (χ4v) is 3.03. The van der Waals surface area contributed by atoms with Crippen LogP contribution in [0.4, 0.5) is 8.78 Å². The summed E-state index contributed by atoms with van der Waals surface area (Å²) in [6.07, 6.45) is 6.93. The minimum absolute atomic E-state index is 0.737. The highest BCUT2D eigenvalue weighted by Crippen LogP contribution is 2.29. The summed E-state index contributed by atoms with van der Waals surface area (Å²) in [5.74, 6) is -1.51. The second-order valence-corrected chi connectivity index (χ2v) is 6.01. The Morgan fingerprint density at radius 1 is 0.864 bits per heavy atom. The van der Waals surface area contributed by atoms with Gasteiger partial charge >= 0.3 is 0 Å². The van der Waals surface area contributed by atoms with E-state index in [1.165, 1.54) is 28.8 Å². The van der Waals surface area contributed by atoms with E-state index in [1.807, 2.05) is 6.08 Å². The quantitative estimate of drug-likeness (QED) is 0.684. The summed E-state index contributed by atoms with van der Waals surface area (Å²) in [6, 6.07) is 11.4. The molecular formula is C20H20F2. The molecule has 114 valence electrons. The van der Waals surface area contributed by atoms with Crippen molar-refractivity contribution in [1.82, 2.24) is 0 Å². The van der Waals surface area contributed by atoms with Crippen molar-refractivity contribution < 1.29 is 8.78 Å². The van der Waals surface area contributed by atoms with Crippen molar-refractivity contribution in [3.63, 3.8) is 0 Å². The van der Waals surface area contributed by atoms with Gasteiger partial charge in [0.2, 0.25) is 0 Å². The third kappa shape index (κ3) is 3.27. The number of allylic oxidation sites excluding steroid dienone is 1. The summed E-state index contributed by atoms with van der Waals surface area (Å²) in [5, 5.41) is 0. The van der Waals surface area contributed by atoms with Crippen LogP contribution in [0.25, 0.3) is 6.08 Å². The molecule has 22 heavy (non-hydrogen) atoms. The first-order valence-corrected chi connectivity index (χ1v) is 7.91. The van der Waals surface area contributed by atoms with Crippen LogP contribution < -0.4 is 0 Å². The van der Waals surface area contributed by atoms with Gasteiger partial charge in [-0.05, 0) is 60.1 Å². The van der Waals surface area contributed by atoms with Crippen LogP contribution in [0.3, 0.4) is 0 Å². The first kappa shape index (κ1) is 15.0. The number of fused-ring (bicyclic) bond motifs is 1. The lowest BCUT2D eigenvalue weighted by molar-refractivity contribution is 0.507. The summed E-state index contributed by atoms with van der Waals surface area (Å²) >= 11 is 0. The molecule has 0 radical (unpaired) electrons. The molecule has 2 heteroatoms. The van der Waals surface area contributed by atoms with Gasteiger partial charge in [0.25, 0.3) is 0 Å². The molecule has 0 amide bonds. The Balaban J connectivity index is 1.62. The van der Waals surface area contributed by atoms with Crippen molar-refractivity contribution in [2.24, 2.45) is 0 Å². The van der Waals surface area contributed by atoms with Gasteiger partial charge in [-0.15, -0.1) is 0 Å². The van der Waals surface area contributed by atoms with Gasteiger partial charge in [-0.1, -0.05) is 49.3 Å². The van der Waals surface area contributed by atoms with Crippen LogP contribution in [0.1, 0.15) is 42.0 Å². The molecule has 0 aromatic heterocycles. The van der Waals surface area contributed by atoms with Crippen LogP contribution in [0, 0.1) is 11.6 Å². The van der Waals surface area contributed by atoms with Gasteiger partial charge < -0.3 is 0 Å². The molecule has 2 aromatic rings. The largest absolute Gasteiger partial charge is 0.204 e. The number of aryl methyl sites for hydroxylation is 2. The highest BCUT2D eigenvalue weighted by molar-refractivity contribution is 5.63. The summed E-state index contributed by atoms with van der Waals surface area (Å²) in [5.41, 5.74) is 5.66. The van der Waals surface area contributed by atoms with Crippen molar-refractivity contribution in [2.75, 3.05) is 0 Å². The lowest BCUT2D eigenvalue weighted by Crippen LogP contribution is -1.92. The minimum atomic E-state index is -0.761. The van der Waals surface area contributed by atoms with Crippen molar-refractivity contribution >= 4 is 6.08 Å². The zero-order valence-electron chi connectivity index (χ0n) is 12.8. The Kier molecular flexibility index (Phi) is 4.37. The maximum atomic E-state index is 13.3. The molecule has 0 N–H and O–H groups in total. The van der Waals surface area contributed by atoms with E-state index >= 15 is 0 Å². The van der Waals surface area contributed by atoms with E-state index in [2.05, 4.69) is 31.2 Å². The second kappa shape index (κ2) is 6.43. The number of hydrogen-bond donors (Lipinski definition) is 0. The molecule has 0 aliphatic heterocycles. The lowest BCUT2D eigenvalue weighted by Gasteiger charge is -2.05. The second-order valence-electron chi connectivity index (χ2n) is 6.01. The van der Waals surface area contributed by atoms with Gasteiger partial charge in [0.15, 0.2) is 11.6 Å². The predicted molar refractivity (Wildman–Crippen MR) is 86.8 cm³/mol. The highest BCUT2D eigenvalue weighted by atomic mass is 19.2. The van der Waals surface area contributed by atoms with Crippen molar-refractivity contribution in [3.05, 3.63) is 75.9 Å². The Morgan fingerprint density at radius 2 is 1.50 bits per heavy atom. The van der Waals surface area contributed by atoms with Gasteiger partial charge in [0.05, 0.1) is 0 Å². The van der Waals surface area contributed by atoms with E-state index in [9.17, 15) is 8.78 Å². The van der Waals surface area contributed by atoms with Gasteiger partial charge in [0, 0.05) is 0 Å². The fraction of sp³-hybridized carbons (Fsp3) is 0.300. The molecule has 0 atom stereocenters. The topological polar surface area (TPSA) is 0 Å². The van der Waals surface area contributed by atoms with E-state index in [4.69, 9.17) is 0 Å². The van der Waals surface area contributed by atoms with Crippen LogP contribution in [-0.2, 0) is 19.3 Å². The molecule has 0 heterocycles. The van der Waals surface area contributed by atoms with E-state index in [-0.39, 0.29) is 0 Å². The summed E-state index contributed by atoms with van der Waals surface area (Å²) < 4.78 is 26.5. The monoisotopic (exact) mass is 298 g/mol.